The second-order valence-electron chi connectivity index (χ2n) is 8.15. The molecule has 0 radical (unpaired) electrons. The van der Waals surface area contributed by atoms with Crippen LogP contribution in [0.15, 0.2) is 4.99 Å². The predicted molar refractivity (Wildman–Crippen MR) is 116 cm³/mol. The summed E-state index contributed by atoms with van der Waals surface area (Å²) in [5.41, 5.74) is -0.642. The number of nitrogens with one attached hydrogen (secondary N) is 3. The van der Waals surface area contributed by atoms with Gasteiger partial charge in [0.15, 0.2) is 5.96 Å². The molecule has 1 rings (SSSR count). The average Bonchev–Trinajstić information content (AvgIpc) is 2.70. The van der Waals surface area contributed by atoms with Crippen molar-refractivity contribution in [3.05, 3.63) is 0 Å². The van der Waals surface area contributed by atoms with Gasteiger partial charge in [0.25, 0.3) is 0 Å². The van der Waals surface area contributed by atoms with Crippen molar-refractivity contribution in [3.63, 3.8) is 0 Å². The monoisotopic (exact) mass is 426 g/mol. The van der Waals surface area contributed by atoms with E-state index in [0.717, 1.165) is 12.8 Å². The molecule has 0 bridgehead atoms. The van der Waals surface area contributed by atoms with Crippen LogP contribution < -0.4 is 16.0 Å². The van der Waals surface area contributed by atoms with Gasteiger partial charge < -0.3 is 30.5 Å². The summed E-state index contributed by atoms with van der Waals surface area (Å²) in [6, 6.07) is 0.101. The maximum absolute atomic E-state index is 12.3. The predicted octanol–water partition coefficient (Wildman–Crippen LogP) is 0.393. The van der Waals surface area contributed by atoms with Gasteiger partial charge in [0, 0.05) is 46.3 Å². The Labute approximate surface area is 179 Å². The lowest BCUT2D eigenvalue weighted by atomic mass is 9.92. The molecule has 1 heterocycles. The van der Waals surface area contributed by atoms with Gasteiger partial charge in [-0.2, -0.15) is 0 Å². The smallest absolute Gasteiger partial charge is 0.409 e. The Balaban J connectivity index is 2.73. The van der Waals surface area contributed by atoms with Crippen molar-refractivity contribution in [3.8, 4) is 0 Å². The summed E-state index contributed by atoms with van der Waals surface area (Å²) in [5.74, 6) is 0.317. The Kier molecular flexibility index (Phi) is 10.4. The van der Waals surface area contributed by atoms with E-state index in [1.165, 1.54) is 4.90 Å². The SMILES string of the molecule is CCNC(=O)C(C)(C)CNC(=NCC(=O)N(C)C)NC1CCN(C(=O)OCC)CC1. The van der Waals surface area contributed by atoms with Crippen molar-refractivity contribution in [2.45, 2.75) is 46.6 Å². The van der Waals surface area contributed by atoms with Crippen LogP contribution in [0.2, 0.25) is 0 Å². The summed E-state index contributed by atoms with van der Waals surface area (Å²) in [6.45, 7) is 9.85. The summed E-state index contributed by atoms with van der Waals surface area (Å²) < 4.78 is 5.05. The lowest BCUT2D eigenvalue weighted by molar-refractivity contribution is -0.129. The number of carbonyl (C=O) groups excluding carboxylic acids is 3. The number of guanidine groups is 1. The molecule has 1 aliphatic heterocycles. The van der Waals surface area contributed by atoms with Gasteiger partial charge in [-0.25, -0.2) is 9.79 Å². The summed E-state index contributed by atoms with van der Waals surface area (Å²) in [5, 5.41) is 9.37. The van der Waals surface area contributed by atoms with Crippen LogP contribution in [0.3, 0.4) is 0 Å². The maximum Gasteiger partial charge on any atom is 0.409 e. The number of rotatable bonds is 8. The Bertz CT molecular complexity index is 612. The lowest BCUT2D eigenvalue weighted by Crippen LogP contribution is -2.52. The minimum absolute atomic E-state index is 0.00554. The average molecular weight is 427 g/mol. The van der Waals surface area contributed by atoms with E-state index in [-0.39, 0.29) is 30.5 Å². The third-order valence-corrected chi connectivity index (χ3v) is 4.88. The van der Waals surface area contributed by atoms with Crippen LogP contribution in [0.5, 0.6) is 0 Å². The van der Waals surface area contributed by atoms with Crippen LogP contribution in [-0.4, -0.2) is 93.1 Å². The molecule has 3 amide bonds. The van der Waals surface area contributed by atoms with Crippen molar-refractivity contribution < 1.29 is 19.1 Å². The summed E-state index contributed by atoms with van der Waals surface area (Å²) in [6.07, 6.45) is 1.19. The highest BCUT2D eigenvalue weighted by Crippen LogP contribution is 2.14. The maximum atomic E-state index is 12.3. The van der Waals surface area contributed by atoms with Crippen molar-refractivity contribution in [2.24, 2.45) is 10.4 Å². The second kappa shape index (κ2) is 12.2. The number of ether oxygens (including phenoxy) is 1. The highest BCUT2D eigenvalue weighted by Gasteiger charge is 2.28. The van der Waals surface area contributed by atoms with Crippen LogP contribution in [0, 0.1) is 5.41 Å². The number of hydrogen-bond donors (Lipinski definition) is 3. The van der Waals surface area contributed by atoms with Gasteiger partial charge in [-0.1, -0.05) is 0 Å². The van der Waals surface area contributed by atoms with Crippen LogP contribution in [0.1, 0.15) is 40.5 Å². The fourth-order valence-electron chi connectivity index (χ4n) is 2.84. The first-order valence-electron chi connectivity index (χ1n) is 10.6. The zero-order valence-corrected chi connectivity index (χ0v) is 19.2. The molecule has 10 heteroatoms. The van der Waals surface area contributed by atoms with Gasteiger partial charge in [0.05, 0.1) is 12.0 Å². The van der Waals surface area contributed by atoms with Gasteiger partial charge >= 0.3 is 6.09 Å². The minimum atomic E-state index is -0.642. The van der Waals surface area contributed by atoms with Gasteiger partial charge in [-0.05, 0) is 40.5 Å². The molecule has 0 saturated carbocycles. The molecule has 0 aromatic rings. The van der Waals surface area contributed by atoms with Gasteiger partial charge in [-0.3, -0.25) is 9.59 Å². The number of piperidine rings is 1. The highest BCUT2D eigenvalue weighted by atomic mass is 16.6. The normalized spacial score (nSPS) is 15.4. The number of hydrogen-bond acceptors (Lipinski definition) is 5. The summed E-state index contributed by atoms with van der Waals surface area (Å²) in [4.78, 5) is 43.6. The van der Waals surface area contributed by atoms with E-state index >= 15 is 0 Å². The number of likely N-dealkylation sites (N-methyl/N-ethyl adjacent to an activating group) is 1. The number of likely N-dealkylation sites (tertiary alicyclic amines) is 1. The molecule has 0 spiro atoms. The third kappa shape index (κ3) is 8.46. The Morgan fingerprint density at radius 1 is 1.13 bits per heavy atom. The molecule has 0 aliphatic carbocycles. The number of nitrogens with zero attached hydrogens (tertiary/aromatic N) is 3. The second-order valence-corrected chi connectivity index (χ2v) is 8.15. The first kappa shape index (κ1) is 25.5. The molecule has 10 nitrogen and oxygen atoms in total. The van der Waals surface area contributed by atoms with E-state index < -0.39 is 5.41 Å². The largest absolute Gasteiger partial charge is 0.450 e. The Morgan fingerprint density at radius 3 is 2.30 bits per heavy atom. The van der Waals surface area contributed by atoms with Crippen LogP contribution >= 0.6 is 0 Å². The molecular weight excluding hydrogens is 388 g/mol. The summed E-state index contributed by atoms with van der Waals surface area (Å²) in [7, 11) is 3.36. The number of carbonyl (C=O) groups is 3. The van der Waals surface area contributed by atoms with Crippen molar-refractivity contribution >= 4 is 23.9 Å². The first-order chi connectivity index (χ1) is 14.1. The Morgan fingerprint density at radius 2 is 1.77 bits per heavy atom. The van der Waals surface area contributed by atoms with Crippen LogP contribution in [0.4, 0.5) is 4.79 Å². The molecule has 1 aliphatic rings. The molecule has 1 fully saturated rings. The first-order valence-corrected chi connectivity index (χ1v) is 10.6. The van der Waals surface area contributed by atoms with E-state index in [2.05, 4.69) is 20.9 Å². The van der Waals surface area contributed by atoms with E-state index in [4.69, 9.17) is 4.74 Å². The van der Waals surface area contributed by atoms with E-state index in [9.17, 15) is 14.4 Å². The number of amides is 3. The van der Waals surface area contributed by atoms with Crippen LogP contribution in [-0.2, 0) is 14.3 Å². The number of aliphatic imine (C=N–C) groups is 1. The van der Waals surface area contributed by atoms with Gasteiger partial charge in [-0.15, -0.1) is 0 Å². The molecule has 3 N–H and O–H groups in total. The molecule has 0 atom stereocenters. The van der Waals surface area contributed by atoms with Gasteiger partial charge in [0.2, 0.25) is 11.8 Å². The molecular formula is C20H38N6O4. The fourth-order valence-corrected chi connectivity index (χ4v) is 2.84. The van der Waals surface area contributed by atoms with Crippen molar-refractivity contribution in [2.75, 3.05) is 53.4 Å². The quantitative estimate of drug-likeness (QED) is 0.382. The topological polar surface area (TPSA) is 115 Å². The summed E-state index contributed by atoms with van der Waals surface area (Å²) >= 11 is 0. The lowest BCUT2D eigenvalue weighted by Gasteiger charge is -2.33. The van der Waals surface area contributed by atoms with E-state index in [1.807, 2.05) is 20.8 Å². The Hall–Kier alpha value is -2.52. The molecule has 0 aromatic heterocycles. The van der Waals surface area contributed by atoms with Gasteiger partial charge in [0.1, 0.15) is 6.54 Å². The minimum Gasteiger partial charge on any atom is -0.450 e. The standard InChI is InChI=1S/C20H38N6O4/c1-7-21-17(28)20(3,4)14-23-18(22-13-16(27)25(5)6)24-15-9-11-26(12-10-15)19(29)30-8-2/h15H,7-14H2,1-6H3,(H,21,28)(H2,22,23,24). The van der Waals surface area contributed by atoms with Crippen LogP contribution in [0.25, 0.3) is 0 Å². The molecule has 172 valence electrons. The van der Waals surface area contributed by atoms with E-state index in [0.29, 0.717) is 38.7 Å². The third-order valence-electron chi connectivity index (χ3n) is 4.88. The molecule has 1 saturated heterocycles. The zero-order chi connectivity index (χ0) is 22.7. The zero-order valence-electron chi connectivity index (χ0n) is 19.2. The molecule has 30 heavy (non-hydrogen) atoms. The highest BCUT2D eigenvalue weighted by molar-refractivity contribution is 5.86. The van der Waals surface area contributed by atoms with Crippen molar-refractivity contribution in [1.82, 2.24) is 25.8 Å². The fraction of sp³-hybridized carbons (Fsp3) is 0.800. The molecule has 0 unspecified atom stereocenters. The van der Waals surface area contributed by atoms with E-state index in [1.54, 1.807) is 25.9 Å². The van der Waals surface area contributed by atoms with Crippen molar-refractivity contribution in [1.29, 1.82) is 0 Å². The molecule has 0 aromatic carbocycles.